The molecule has 0 amide bonds. The van der Waals surface area contributed by atoms with Gasteiger partial charge >= 0.3 is 17.2 Å². The van der Waals surface area contributed by atoms with Gasteiger partial charge in [-0.2, -0.15) is 0 Å². The summed E-state index contributed by atoms with van der Waals surface area (Å²) in [4.78, 5) is 26.6. The maximum atomic E-state index is 9.76. The minimum Gasteiger partial charge on any atom is -0.352 e. The van der Waals surface area contributed by atoms with Crippen LogP contribution in [0.5, 0.6) is 0 Å². The molecule has 1 atom stereocenters. The van der Waals surface area contributed by atoms with Crippen LogP contribution in [0.4, 0.5) is 0 Å². The van der Waals surface area contributed by atoms with E-state index < -0.39 is 23.5 Å². The van der Waals surface area contributed by atoms with Crippen molar-refractivity contribution in [2.24, 2.45) is 0 Å². The molecule has 9 heteroatoms. The molecule has 0 fully saturated rings. The average Bonchev–Trinajstić information content (AvgIpc) is 2.90. The molecule has 0 rings (SSSR count). The Morgan fingerprint density at radius 1 is 0.462 bits per heavy atom. The summed E-state index contributed by atoms with van der Waals surface area (Å²) in [5.41, 5.74) is 0. The zero-order chi connectivity index (χ0) is 29.2. The Kier molecular flexibility index (Phi) is 39.2. The molecule has 3 N–H and O–H groups in total. The SMILES string of the molecule is CCCCCCCCCCCCOP(O)OCCCCCCCCCCCC.CCCCOC(C)OP(O)O. The van der Waals surface area contributed by atoms with E-state index in [2.05, 4.69) is 25.3 Å². The lowest BCUT2D eigenvalue weighted by Crippen LogP contribution is -2.10. The van der Waals surface area contributed by atoms with E-state index in [1.165, 1.54) is 116 Å². The Morgan fingerprint density at radius 2 is 0.795 bits per heavy atom. The van der Waals surface area contributed by atoms with Crippen molar-refractivity contribution in [1.29, 1.82) is 0 Å². The molecule has 0 bridgehead atoms. The van der Waals surface area contributed by atoms with Crippen molar-refractivity contribution < 1.29 is 33.0 Å². The van der Waals surface area contributed by atoms with Gasteiger partial charge in [0.25, 0.3) is 0 Å². The van der Waals surface area contributed by atoms with Gasteiger partial charge in [0, 0.05) is 6.61 Å². The van der Waals surface area contributed by atoms with Crippen LogP contribution in [0.15, 0.2) is 0 Å². The fourth-order valence-electron chi connectivity index (χ4n) is 4.06. The predicted molar refractivity (Wildman–Crippen MR) is 167 cm³/mol. The van der Waals surface area contributed by atoms with Crippen LogP contribution >= 0.6 is 17.2 Å². The van der Waals surface area contributed by atoms with Crippen molar-refractivity contribution in [1.82, 2.24) is 0 Å². The standard InChI is InChI=1S/C24H51O3P.C6H15O4P/c1-3-5-7-9-11-13-15-17-19-21-23-26-28(25)27-24-22-20-18-16-14-12-10-8-6-4-2;1-3-4-5-9-6(2)10-11(7)8/h25H,3-24H2,1-2H3;6-8H,3-5H2,1-2H3. The van der Waals surface area contributed by atoms with Crippen LogP contribution in [-0.4, -0.2) is 40.8 Å². The molecule has 0 aliphatic heterocycles. The highest BCUT2D eigenvalue weighted by molar-refractivity contribution is 7.40. The van der Waals surface area contributed by atoms with Gasteiger partial charge in [0.15, 0.2) is 6.29 Å². The number of ether oxygens (including phenoxy) is 1. The van der Waals surface area contributed by atoms with Crippen LogP contribution < -0.4 is 0 Å². The van der Waals surface area contributed by atoms with Crippen molar-refractivity contribution in [3.8, 4) is 0 Å². The van der Waals surface area contributed by atoms with E-state index in [9.17, 15) is 4.89 Å². The summed E-state index contributed by atoms with van der Waals surface area (Å²) < 4.78 is 20.4. The summed E-state index contributed by atoms with van der Waals surface area (Å²) >= 11 is 0. The molecular weight excluding hydrogens is 534 g/mol. The van der Waals surface area contributed by atoms with Crippen LogP contribution in [-0.2, 0) is 18.3 Å². The van der Waals surface area contributed by atoms with Crippen LogP contribution in [0.25, 0.3) is 0 Å². The Bertz CT molecular complexity index is 408. The molecule has 1 unspecified atom stereocenters. The maximum Gasteiger partial charge on any atom is 0.329 e. The first-order valence-electron chi connectivity index (χ1n) is 16.2. The molecule has 0 aromatic rings. The third-order valence-electron chi connectivity index (χ3n) is 6.49. The van der Waals surface area contributed by atoms with E-state index >= 15 is 0 Å². The number of hydrogen-bond acceptors (Lipinski definition) is 7. The molecule has 0 radical (unpaired) electrons. The topological polar surface area (TPSA) is 97.6 Å². The van der Waals surface area contributed by atoms with Gasteiger partial charge in [-0.3, -0.25) is 4.52 Å². The van der Waals surface area contributed by atoms with E-state index in [0.717, 1.165) is 25.7 Å². The van der Waals surface area contributed by atoms with Crippen molar-refractivity contribution >= 4 is 17.2 Å². The normalized spacial score (nSPS) is 12.2. The van der Waals surface area contributed by atoms with Gasteiger partial charge in [-0.15, -0.1) is 0 Å². The minimum absolute atomic E-state index is 0.525. The highest BCUT2D eigenvalue weighted by Gasteiger charge is 2.07. The van der Waals surface area contributed by atoms with Gasteiger partial charge in [0.1, 0.15) is 0 Å². The van der Waals surface area contributed by atoms with Gasteiger partial charge in [0.2, 0.25) is 0 Å². The summed E-state index contributed by atoms with van der Waals surface area (Å²) in [6, 6.07) is 0. The zero-order valence-electron chi connectivity index (χ0n) is 26.1. The largest absolute Gasteiger partial charge is 0.352 e. The number of rotatable bonds is 30. The minimum atomic E-state index is -2.29. The lowest BCUT2D eigenvalue weighted by molar-refractivity contribution is -0.0723. The summed E-state index contributed by atoms with van der Waals surface area (Å²) in [6.45, 7) is 10.1. The maximum absolute atomic E-state index is 9.76. The summed E-state index contributed by atoms with van der Waals surface area (Å²) in [5.74, 6) is 0. The van der Waals surface area contributed by atoms with E-state index in [1.54, 1.807) is 6.92 Å². The summed E-state index contributed by atoms with van der Waals surface area (Å²) in [7, 11) is -3.94. The molecule has 0 saturated carbocycles. The Balaban J connectivity index is 0. The zero-order valence-corrected chi connectivity index (χ0v) is 27.9. The molecule has 7 nitrogen and oxygen atoms in total. The molecule has 0 heterocycles. The first-order valence-corrected chi connectivity index (χ1v) is 18.5. The molecule has 0 aromatic carbocycles. The lowest BCUT2D eigenvalue weighted by atomic mass is 10.1. The second kappa shape index (κ2) is 36.6. The fraction of sp³-hybridized carbons (Fsp3) is 1.00. The van der Waals surface area contributed by atoms with Crippen LogP contribution in [0.2, 0.25) is 0 Å². The number of unbranched alkanes of at least 4 members (excludes halogenated alkanes) is 19. The van der Waals surface area contributed by atoms with Crippen LogP contribution in [0.3, 0.4) is 0 Å². The number of hydrogen-bond donors (Lipinski definition) is 3. The Morgan fingerprint density at radius 3 is 1.13 bits per heavy atom. The molecule has 0 aliphatic carbocycles. The predicted octanol–water partition coefficient (Wildman–Crippen LogP) is 10.5. The van der Waals surface area contributed by atoms with Gasteiger partial charge < -0.3 is 28.5 Å². The molecule has 0 aromatic heterocycles. The quantitative estimate of drug-likeness (QED) is 0.0428. The van der Waals surface area contributed by atoms with Crippen LogP contribution in [0, 0.1) is 0 Å². The third-order valence-corrected chi connectivity index (χ3v) is 7.78. The van der Waals surface area contributed by atoms with E-state index in [1.807, 2.05) is 0 Å². The third kappa shape index (κ3) is 40.8. The molecule has 0 spiro atoms. The highest BCUT2D eigenvalue weighted by atomic mass is 31.2. The summed E-state index contributed by atoms with van der Waals surface area (Å²) in [5, 5.41) is 0. The average molecular weight is 601 g/mol. The van der Waals surface area contributed by atoms with Crippen molar-refractivity contribution in [2.45, 2.75) is 175 Å². The van der Waals surface area contributed by atoms with Gasteiger partial charge in [0.05, 0.1) is 13.2 Å². The van der Waals surface area contributed by atoms with Crippen molar-refractivity contribution in [3.05, 3.63) is 0 Å². The molecule has 0 saturated heterocycles. The first-order chi connectivity index (χ1) is 19.0. The van der Waals surface area contributed by atoms with Crippen molar-refractivity contribution in [3.63, 3.8) is 0 Å². The van der Waals surface area contributed by atoms with E-state index in [0.29, 0.717) is 19.8 Å². The summed E-state index contributed by atoms with van der Waals surface area (Å²) in [6.07, 6.45) is 27.8. The van der Waals surface area contributed by atoms with Crippen LogP contribution in [0.1, 0.15) is 169 Å². The van der Waals surface area contributed by atoms with Crippen molar-refractivity contribution in [2.75, 3.05) is 19.8 Å². The highest BCUT2D eigenvalue weighted by Crippen LogP contribution is 2.33. The molecular formula is C30H66O7P2. The first kappa shape index (κ1) is 41.7. The Hall–Kier alpha value is 0.580. The second-order valence-corrected chi connectivity index (χ2v) is 12.1. The monoisotopic (exact) mass is 600 g/mol. The molecule has 39 heavy (non-hydrogen) atoms. The fourth-order valence-corrected chi connectivity index (χ4v) is 5.03. The molecule has 238 valence electrons. The second-order valence-electron chi connectivity index (χ2n) is 10.4. The van der Waals surface area contributed by atoms with E-state index in [-0.39, 0.29) is 0 Å². The smallest absolute Gasteiger partial charge is 0.329 e. The Labute approximate surface area is 245 Å². The van der Waals surface area contributed by atoms with E-state index in [4.69, 9.17) is 23.6 Å². The van der Waals surface area contributed by atoms with Gasteiger partial charge in [-0.25, -0.2) is 0 Å². The van der Waals surface area contributed by atoms with Gasteiger partial charge in [-0.05, 0) is 26.2 Å². The van der Waals surface area contributed by atoms with Gasteiger partial charge in [-0.1, -0.05) is 143 Å². The lowest BCUT2D eigenvalue weighted by Gasteiger charge is -2.12. The molecule has 0 aliphatic rings.